The van der Waals surface area contributed by atoms with Gasteiger partial charge in [-0.05, 0) is 5.56 Å². The molecule has 0 spiro atoms. The number of thioether (sulfide) groups is 1. The average molecular weight is 352 g/mol. The van der Waals surface area contributed by atoms with Crippen molar-refractivity contribution in [3.05, 3.63) is 35.9 Å². The smallest absolute Gasteiger partial charge is 0.143 e. The number of rotatable bonds is 6. The van der Waals surface area contributed by atoms with Crippen LogP contribution in [0.1, 0.15) is 25.5 Å². The van der Waals surface area contributed by atoms with Gasteiger partial charge in [0.1, 0.15) is 36.0 Å². The Bertz CT molecular complexity index is 544. The molecule has 1 aromatic rings. The normalized spacial score (nSPS) is 31.6. The van der Waals surface area contributed by atoms with Gasteiger partial charge < -0.3 is 24.8 Å². The predicted octanol–water partition coefficient (Wildman–Crippen LogP) is 1.33. The highest BCUT2D eigenvalue weighted by molar-refractivity contribution is 8.00. The fourth-order valence-electron chi connectivity index (χ4n) is 2.59. The first kappa shape index (κ1) is 19.3. The summed E-state index contributed by atoms with van der Waals surface area (Å²) in [5.41, 5.74) is 0.157. The molecule has 0 amide bonds. The molecule has 0 aromatic heterocycles. The molecule has 132 valence electrons. The number of benzene rings is 1. The highest BCUT2D eigenvalue weighted by atomic mass is 32.2. The van der Waals surface area contributed by atoms with Crippen LogP contribution in [0.15, 0.2) is 30.3 Å². The molecule has 1 heterocycles. The fraction of sp³-hybridized carbons (Fsp3) is 0.556. The zero-order valence-electron chi connectivity index (χ0n) is 13.8. The van der Waals surface area contributed by atoms with E-state index in [1.54, 1.807) is 0 Å². The van der Waals surface area contributed by atoms with Gasteiger partial charge in [-0.2, -0.15) is 0 Å². The number of hydrogen-bond acceptors (Lipinski definition) is 6. The molecule has 2 rings (SSSR count). The van der Waals surface area contributed by atoms with Crippen molar-refractivity contribution < 1.29 is 24.8 Å². The molecule has 5 nitrogen and oxygen atoms in total. The van der Waals surface area contributed by atoms with E-state index in [1.165, 1.54) is 11.8 Å². The average Bonchev–Trinajstić information content (AvgIpc) is 2.58. The Morgan fingerprint density at radius 3 is 2.46 bits per heavy atom. The van der Waals surface area contributed by atoms with Crippen molar-refractivity contribution >= 4 is 11.8 Å². The minimum atomic E-state index is -1.17. The van der Waals surface area contributed by atoms with E-state index in [0.717, 1.165) is 5.56 Å². The van der Waals surface area contributed by atoms with E-state index in [0.29, 0.717) is 0 Å². The van der Waals surface area contributed by atoms with E-state index in [9.17, 15) is 15.3 Å². The number of hydrogen-bond donors (Lipinski definition) is 3. The van der Waals surface area contributed by atoms with Crippen LogP contribution in [0.3, 0.4) is 0 Å². The van der Waals surface area contributed by atoms with E-state index < -0.39 is 36.0 Å². The summed E-state index contributed by atoms with van der Waals surface area (Å²) in [7, 11) is 0. The molecule has 1 fully saturated rings. The van der Waals surface area contributed by atoms with Gasteiger partial charge in [-0.15, -0.1) is 18.2 Å². The Balaban J connectivity index is 2.19. The molecule has 0 radical (unpaired) electrons. The Morgan fingerprint density at radius 1 is 1.25 bits per heavy atom. The van der Waals surface area contributed by atoms with Gasteiger partial charge in [-0.25, -0.2) is 0 Å². The largest absolute Gasteiger partial charge is 0.394 e. The summed E-state index contributed by atoms with van der Waals surface area (Å²) in [6, 6.07) is 9.20. The molecule has 1 aliphatic rings. The van der Waals surface area contributed by atoms with Gasteiger partial charge in [0.15, 0.2) is 0 Å². The third kappa shape index (κ3) is 4.51. The first-order valence-corrected chi connectivity index (χ1v) is 8.86. The summed E-state index contributed by atoms with van der Waals surface area (Å²) in [6.07, 6.45) is 0.852. The van der Waals surface area contributed by atoms with Crippen LogP contribution >= 0.6 is 11.8 Å². The van der Waals surface area contributed by atoms with Crippen molar-refractivity contribution in [1.29, 1.82) is 0 Å². The third-order valence-electron chi connectivity index (χ3n) is 3.78. The van der Waals surface area contributed by atoms with E-state index in [2.05, 4.69) is 5.92 Å². The Labute approximate surface area is 147 Å². The molecule has 1 aromatic carbocycles. The number of ether oxygens (including phenoxy) is 2. The number of aliphatic hydroxyl groups excluding tert-OH is 3. The Morgan fingerprint density at radius 2 is 1.92 bits per heavy atom. The van der Waals surface area contributed by atoms with Crippen LogP contribution in [-0.4, -0.2) is 57.0 Å². The van der Waals surface area contributed by atoms with E-state index >= 15 is 0 Å². The van der Waals surface area contributed by atoms with Gasteiger partial charge in [0.05, 0.1) is 6.61 Å². The molecule has 1 saturated heterocycles. The lowest BCUT2D eigenvalue weighted by molar-refractivity contribution is -0.227. The SMILES string of the molecule is C#C[C@H](O[C@H]1[C@@H](O)[C@@H](CO)O[C@@H](SC(C)C)[C@@H]1O)c1ccccc1. The maximum absolute atomic E-state index is 10.6. The zero-order valence-corrected chi connectivity index (χ0v) is 14.6. The topological polar surface area (TPSA) is 79.2 Å². The van der Waals surface area contributed by atoms with Crippen LogP contribution in [0.25, 0.3) is 0 Å². The molecular weight excluding hydrogens is 328 g/mol. The van der Waals surface area contributed by atoms with Crippen LogP contribution in [0, 0.1) is 12.3 Å². The first-order valence-electron chi connectivity index (χ1n) is 7.92. The molecular formula is C18H24O5S. The van der Waals surface area contributed by atoms with E-state index in [4.69, 9.17) is 15.9 Å². The summed E-state index contributed by atoms with van der Waals surface area (Å²) in [6.45, 7) is 3.59. The zero-order chi connectivity index (χ0) is 17.7. The van der Waals surface area contributed by atoms with Crippen molar-refractivity contribution in [2.45, 2.75) is 55.1 Å². The minimum Gasteiger partial charge on any atom is -0.394 e. The van der Waals surface area contributed by atoms with Crippen LogP contribution in [0.2, 0.25) is 0 Å². The van der Waals surface area contributed by atoms with Crippen LogP contribution in [-0.2, 0) is 9.47 Å². The Hall–Kier alpha value is -1.07. The summed E-state index contributed by atoms with van der Waals surface area (Å²) in [4.78, 5) is 0. The fourth-order valence-corrected chi connectivity index (χ4v) is 3.65. The van der Waals surface area contributed by atoms with Gasteiger partial charge in [-0.1, -0.05) is 50.1 Å². The molecule has 6 atom stereocenters. The lowest BCUT2D eigenvalue weighted by Gasteiger charge is -2.43. The molecule has 6 heteroatoms. The van der Waals surface area contributed by atoms with Gasteiger partial charge in [0.25, 0.3) is 0 Å². The Kier molecular flexibility index (Phi) is 7.11. The van der Waals surface area contributed by atoms with Gasteiger partial charge in [-0.3, -0.25) is 0 Å². The standard InChI is InChI=1S/C18H24O5S/c1-4-13(12-8-6-5-7-9-12)22-17-15(20)14(10-19)23-18(16(17)21)24-11(2)3/h1,5-9,11,13-21H,10H2,2-3H3/t13-,14+,15-,16+,17-,18-/m0/s1. The monoisotopic (exact) mass is 352 g/mol. The molecule has 0 unspecified atom stereocenters. The van der Waals surface area contributed by atoms with E-state index in [-0.39, 0.29) is 11.9 Å². The number of aliphatic hydroxyl groups is 3. The first-order chi connectivity index (χ1) is 11.5. The molecule has 0 aliphatic carbocycles. The lowest BCUT2D eigenvalue weighted by Crippen LogP contribution is -2.59. The quantitative estimate of drug-likeness (QED) is 0.671. The van der Waals surface area contributed by atoms with Crippen molar-refractivity contribution in [3.63, 3.8) is 0 Å². The van der Waals surface area contributed by atoms with E-state index in [1.807, 2.05) is 44.2 Å². The van der Waals surface area contributed by atoms with Crippen LogP contribution in [0.4, 0.5) is 0 Å². The minimum absolute atomic E-state index is 0.206. The molecule has 0 bridgehead atoms. The van der Waals surface area contributed by atoms with Crippen molar-refractivity contribution in [3.8, 4) is 12.3 Å². The second-order valence-corrected chi connectivity index (χ2v) is 7.63. The third-order valence-corrected chi connectivity index (χ3v) is 4.98. The number of terminal acetylenes is 1. The van der Waals surface area contributed by atoms with Crippen molar-refractivity contribution in [2.75, 3.05) is 6.61 Å². The van der Waals surface area contributed by atoms with Crippen molar-refractivity contribution in [2.24, 2.45) is 0 Å². The second-order valence-electron chi connectivity index (χ2n) is 5.95. The van der Waals surface area contributed by atoms with Crippen molar-refractivity contribution in [1.82, 2.24) is 0 Å². The molecule has 3 N–H and O–H groups in total. The maximum atomic E-state index is 10.6. The summed E-state index contributed by atoms with van der Waals surface area (Å²) < 4.78 is 11.5. The van der Waals surface area contributed by atoms with Gasteiger partial charge >= 0.3 is 0 Å². The van der Waals surface area contributed by atoms with Gasteiger partial charge in [0, 0.05) is 5.25 Å². The van der Waals surface area contributed by atoms with Crippen LogP contribution in [0.5, 0.6) is 0 Å². The maximum Gasteiger partial charge on any atom is 0.143 e. The second kappa shape index (κ2) is 8.86. The molecule has 0 saturated carbocycles. The summed E-state index contributed by atoms with van der Waals surface area (Å²) in [5.74, 6) is 2.54. The summed E-state index contributed by atoms with van der Waals surface area (Å²) in [5, 5.41) is 30.6. The molecule has 24 heavy (non-hydrogen) atoms. The lowest BCUT2D eigenvalue weighted by atomic mass is 9.99. The van der Waals surface area contributed by atoms with Crippen LogP contribution < -0.4 is 0 Å². The highest BCUT2D eigenvalue weighted by Gasteiger charge is 2.46. The molecule has 1 aliphatic heterocycles. The van der Waals surface area contributed by atoms with Gasteiger partial charge in [0.2, 0.25) is 0 Å². The highest BCUT2D eigenvalue weighted by Crippen LogP contribution is 2.34. The summed E-state index contributed by atoms with van der Waals surface area (Å²) >= 11 is 1.41. The predicted molar refractivity (Wildman–Crippen MR) is 93.4 cm³/mol.